The quantitative estimate of drug-likeness (QED) is 0.429. The maximum absolute atomic E-state index is 13.4. The van der Waals surface area contributed by atoms with Crippen LogP contribution in [-0.4, -0.2) is 36.7 Å². The summed E-state index contributed by atoms with van der Waals surface area (Å²) in [6, 6.07) is 3.58. The average Bonchev–Trinajstić information content (AvgIpc) is 3.37. The Labute approximate surface area is 185 Å². The van der Waals surface area contributed by atoms with Crippen molar-refractivity contribution in [2.24, 2.45) is 0 Å². The van der Waals surface area contributed by atoms with Crippen molar-refractivity contribution in [2.45, 2.75) is 31.8 Å². The number of halogens is 2. The van der Waals surface area contributed by atoms with Crippen LogP contribution >= 0.6 is 23.1 Å². The van der Waals surface area contributed by atoms with Crippen LogP contribution in [0.25, 0.3) is 17.0 Å². The second-order valence-electron chi connectivity index (χ2n) is 6.79. The van der Waals surface area contributed by atoms with Crippen molar-refractivity contribution in [3.63, 3.8) is 0 Å². The van der Waals surface area contributed by atoms with Crippen LogP contribution in [0.2, 0.25) is 0 Å². The van der Waals surface area contributed by atoms with Crippen molar-refractivity contribution in [1.82, 2.24) is 24.6 Å². The van der Waals surface area contributed by atoms with Crippen molar-refractivity contribution in [3.8, 4) is 11.3 Å². The zero-order chi connectivity index (χ0) is 22.1. The van der Waals surface area contributed by atoms with E-state index in [1.165, 1.54) is 29.2 Å². The Hall–Kier alpha value is -2.92. The number of thiazole rings is 1. The Balaban J connectivity index is 1.44. The van der Waals surface area contributed by atoms with Crippen LogP contribution in [0, 0.1) is 25.5 Å². The van der Waals surface area contributed by atoms with Gasteiger partial charge < -0.3 is 5.32 Å². The fourth-order valence-corrected chi connectivity index (χ4v) is 4.25. The normalized spacial score (nSPS) is 11.3. The summed E-state index contributed by atoms with van der Waals surface area (Å²) in [5.74, 6) is -1.51. The molecular formula is C20H18F2N6OS2. The minimum Gasteiger partial charge on any atom is -0.302 e. The molecule has 7 nitrogen and oxygen atoms in total. The van der Waals surface area contributed by atoms with E-state index in [2.05, 4.69) is 25.4 Å². The molecule has 0 aliphatic carbocycles. The minimum absolute atomic E-state index is 0.200. The topological polar surface area (TPSA) is 85.1 Å². The molecule has 0 saturated carbocycles. The molecule has 11 heteroatoms. The fraction of sp³-hybridized carbons (Fsp3) is 0.250. The van der Waals surface area contributed by atoms with Gasteiger partial charge in [0.25, 0.3) is 5.78 Å². The molecule has 1 N–H and O–H groups in total. The molecule has 4 rings (SSSR count). The van der Waals surface area contributed by atoms with Crippen molar-refractivity contribution in [3.05, 3.63) is 52.2 Å². The predicted molar refractivity (Wildman–Crippen MR) is 116 cm³/mol. The molecule has 0 unspecified atom stereocenters. The lowest BCUT2D eigenvalue weighted by atomic mass is 10.1. The third kappa shape index (κ3) is 4.42. The zero-order valence-electron chi connectivity index (χ0n) is 16.9. The van der Waals surface area contributed by atoms with Gasteiger partial charge >= 0.3 is 0 Å². The van der Waals surface area contributed by atoms with E-state index in [-0.39, 0.29) is 12.3 Å². The van der Waals surface area contributed by atoms with Crippen LogP contribution in [0.5, 0.6) is 0 Å². The highest BCUT2D eigenvalue weighted by molar-refractivity contribution is 7.98. The van der Waals surface area contributed by atoms with E-state index in [1.54, 1.807) is 9.90 Å². The summed E-state index contributed by atoms with van der Waals surface area (Å²) in [5, 5.41) is 9.90. The summed E-state index contributed by atoms with van der Waals surface area (Å²) in [6.45, 7) is 3.82. The van der Waals surface area contributed by atoms with E-state index in [1.807, 2.05) is 20.1 Å². The van der Waals surface area contributed by atoms with Gasteiger partial charge in [-0.1, -0.05) is 11.8 Å². The zero-order valence-corrected chi connectivity index (χ0v) is 18.6. The lowest BCUT2D eigenvalue weighted by Gasteiger charge is -2.10. The molecule has 0 aliphatic heterocycles. The molecule has 0 radical (unpaired) electrons. The van der Waals surface area contributed by atoms with Gasteiger partial charge in [-0.3, -0.25) is 4.79 Å². The number of amides is 1. The molecule has 0 spiro atoms. The summed E-state index contributed by atoms with van der Waals surface area (Å²) in [6.07, 6.45) is 2.63. The van der Waals surface area contributed by atoms with Gasteiger partial charge in [-0.05, 0) is 50.3 Å². The molecule has 3 aromatic heterocycles. The minimum atomic E-state index is -0.940. The molecule has 4 aromatic rings. The molecule has 160 valence electrons. The standard InChI is InChI=1S/C20H18F2N6OS2/c1-10-13(11(2)28-18(23-10)26-20(27-28)30-3)5-7-17(29)25-19-24-16(9-31-19)12-4-6-14(21)15(22)8-12/h4,6,8-9H,5,7H2,1-3H3,(H,24,25,29). The maximum atomic E-state index is 13.4. The summed E-state index contributed by atoms with van der Waals surface area (Å²) in [7, 11) is 0. The van der Waals surface area contributed by atoms with Gasteiger partial charge in [0.05, 0.1) is 5.69 Å². The Kier molecular flexibility index (Phi) is 5.96. The van der Waals surface area contributed by atoms with Crippen LogP contribution in [-0.2, 0) is 11.2 Å². The number of fused-ring (bicyclic) bond motifs is 1. The number of benzene rings is 1. The van der Waals surface area contributed by atoms with Gasteiger partial charge in [-0.15, -0.1) is 16.4 Å². The van der Waals surface area contributed by atoms with Crippen molar-refractivity contribution in [1.29, 1.82) is 0 Å². The van der Waals surface area contributed by atoms with Crippen molar-refractivity contribution in [2.75, 3.05) is 11.6 Å². The lowest BCUT2D eigenvalue weighted by molar-refractivity contribution is -0.116. The van der Waals surface area contributed by atoms with E-state index >= 15 is 0 Å². The van der Waals surface area contributed by atoms with Gasteiger partial charge in [-0.2, -0.15) is 4.98 Å². The van der Waals surface area contributed by atoms with Crippen LogP contribution < -0.4 is 5.32 Å². The average molecular weight is 461 g/mol. The first-order valence-corrected chi connectivity index (χ1v) is 11.4. The lowest BCUT2D eigenvalue weighted by Crippen LogP contribution is -2.14. The molecule has 3 heterocycles. The second kappa shape index (κ2) is 8.67. The molecular weight excluding hydrogens is 442 g/mol. The first kappa shape index (κ1) is 21.3. The van der Waals surface area contributed by atoms with Gasteiger partial charge in [0, 0.05) is 28.8 Å². The van der Waals surface area contributed by atoms with E-state index in [0.717, 1.165) is 29.1 Å². The van der Waals surface area contributed by atoms with Crippen LogP contribution in [0.15, 0.2) is 28.7 Å². The monoisotopic (exact) mass is 460 g/mol. The third-order valence-electron chi connectivity index (χ3n) is 4.78. The highest BCUT2D eigenvalue weighted by Crippen LogP contribution is 2.26. The van der Waals surface area contributed by atoms with E-state index in [4.69, 9.17) is 0 Å². The summed E-state index contributed by atoms with van der Waals surface area (Å²) < 4.78 is 28.3. The predicted octanol–water partition coefficient (Wildman–Crippen LogP) is 4.44. The molecule has 0 atom stereocenters. The number of nitrogens with one attached hydrogen (secondary N) is 1. The Morgan fingerprint density at radius 1 is 1.19 bits per heavy atom. The molecule has 0 saturated heterocycles. The number of anilines is 1. The number of thioether (sulfide) groups is 1. The number of rotatable bonds is 6. The Bertz CT molecular complexity index is 1290. The first-order valence-electron chi connectivity index (χ1n) is 9.33. The van der Waals surface area contributed by atoms with Crippen LogP contribution in [0.1, 0.15) is 23.4 Å². The first-order chi connectivity index (χ1) is 14.9. The molecule has 0 aliphatic rings. The van der Waals surface area contributed by atoms with Crippen molar-refractivity contribution < 1.29 is 13.6 Å². The number of carbonyl (C=O) groups is 1. The second-order valence-corrected chi connectivity index (χ2v) is 8.42. The number of hydrogen-bond donors (Lipinski definition) is 1. The Morgan fingerprint density at radius 3 is 2.74 bits per heavy atom. The van der Waals surface area contributed by atoms with Gasteiger partial charge in [0.1, 0.15) is 0 Å². The number of aryl methyl sites for hydroxylation is 2. The molecule has 1 amide bonds. The number of nitrogens with zero attached hydrogens (tertiary/aromatic N) is 5. The molecule has 0 bridgehead atoms. The fourth-order valence-electron chi connectivity index (χ4n) is 3.18. The van der Waals surface area contributed by atoms with E-state index in [0.29, 0.717) is 33.7 Å². The number of carbonyl (C=O) groups excluding carboxylic acids is 1. The Morgan fingerprint density at radius 2 is 2.00 bits per heavy atom. The van der Waals surface area contributed by atoms with Gasteiger partial charge in [-0.25, -0.2) is 23.3 Å². The smallest absolute Gasteiger partial charge is 0.253 e. The van der Waals surface area contributed by atoms with E-state index < -0.39 is 11.6 Å². The highest BCUT2D eigenvalue weighted by atomic mass is 32.2. The number of aromatic nitrogens is 5. The molecule has 31 heavy (non-hydrogen) atoms. The van der Waals surface area contributed by atoms with Crippen molar-refractivity contribution >= 4 is 39.9 Å². The largest absolute Gasteiger partial charge is 0.302 e. The maximum Gasteiger partial charge on any atom is 0.253 e. The van der Waals surface area contributed by atoms with Crippen LogP contribution in [0.4, 0.5) is 13.9 Å². The van der Waals surface area contributed by atoms with E-state index in [9.17, 15) is 13.6 Å². The SMILES string of the molecule is CSc1nc2nc(C)c(CCC(=O)Nc3nc(-c4ccc(F)c(F)c4)cs3)c(C)n2n1. The molecule has 1 aromatic carbocycles. The summed E-state index contributed by atoms with van der Waals surface area (Å²) >= 11 is 2.67. The van der Waals surface area contributed by atoms with Gasteiger partial charge in [0.2, 0.25) is 11.1 Å². The summed E-state index contributed by atoms with van der Waals surface area (Å²) in [4.78, 5) is 25.6. The van der Waals surface area contributed by atoms with Crippen LogP contribution in [0.3, 0.4) is 0 Å². The number of hydrogen-bond acceptors (Lipinski definition) is 7. The molecule has 0 fully saturated rings. The summed E-state index contributed by atoms with van der Waals surface area (Å²) in [5.41, 5.74) is 3.57. The van der Waals surface area contributed by atoms with Gasteiger partial charge in [0.15, 0.2) is 16.8 Å². The highest BCUT2D eigenvalue weighted by Gasteiger charge is 2.15. The third-order valence-corrected chi connectivity index (χ3v) is 6.08.